The van der Waals surface area contributed by atoms with E-state index in [1.165, 1.54) is 21.0 Å². The van der Waals surface area contributed by atoms with Crippen molar-refractivity contribution in [1.29, 1.82) is 0 Å². The van der Waals surface area contributed by atoms with Crippen molar-refractivity contribution in [2.24, 2.45) is 0 Å². The van der Waals surface area contributed by atoms with Crippen LogP contribution in [0.5, 0.6) is 0 Å². The standard InChI is InChI=1S/C18H22O8/c1-10(19)23-15-14-13(25-18(21-3)16(15)24-11(2)20)9-22-17(26-14)12-7-5-4-6-8-12/h4-8,13-18H,9H2,1-3H3/t13-,14+,15+,16-,17?,18-/m1/s1. The molecule has 0 spiro atoms. The Hall–Kier alpha value is -2.00. The van der Waals surface area contributed by atoms with Gasteiger partial charge < -0.3 is 28.4 Å². The van der Waals surface area contributed by atoms with E-state index in [1.54, 1.807) is 0 Å². The van der Waals surface area contributed by atoms with Gasteiger partial charge in [0.15, 0.2) is 24.8 Å². The summed E-state index contributed by atoms with van der Waals surface area (Å²) in [6.07, 6.45) is -4.57. The van der Waals surface area contributed by atoms with Crippen LogP contribution in [0, 0.1) is 0 Å². The third-order valence-corrected chi connectivity index (χ3v) is 4.19. The van der Waals surface area contributed by atoms with Gasteiger partial charge in [0.05, 0.1) is 6.61 Å². The molecular formula is C18H22O8. The number of carbonyl (C=O) groups excluding carboxylic acids is 2. The lowest BCUT2D eigenvalue weighted by Crippen LogP contribution is -2.64. The zero-order chi connectivity index (χ0) is 18.7. The van der Waals surface area contributed by atoms with Crippen molar-refractivity contribution < 1.29 is 38.0 Å². The van der Waals surface area contributed by atoms with Gasteiger partial charge in [0.1, 0.15) is 12.2 Å². The molecule has 0 aromatic heterocycles. The van der Waals surface area contributed by atoms with E-state index in [0.717, 1.165) is 5.56 Å². The molecule has 142 valence electrons. The van der Waals surface area contributed by atoms with E-state index in [0.29, 0.717) is 0 Å². The van der Waals surface area contributed by atoms with Crippen LogP contribution in [-0.4, -0.2) is 56.4 Å². The predicted octanol–water partition coefficient (Wildman–Crippen LogP) is 1.34. The molecule has 0 radical (unpaired) electrons. The molecule has 0 aliphatic carbocycles. The largest absolute Gasteiger partial charge is 0.455 e. The van der Waals surface area contributed by atoms with Crippen molar-refractivity contribution >= 4 is 11.9 Å². The fraction of sp³-hybridized carbons (Fsp3) is 0.556. The molecule has 0 amide bonds. The zero-order valence-electron chi connectivity index (χ0n) is 14.8. The molecular weight excluding hydrogens is 344 g/mol. The molecule has 0 saturated carbocycles. The fourth-order valence-corrected chi connectivity index (χ4v) is 3.16. The third-order valence-electron chi connectivity index (χ3n) is 4.19. The average molecular weight is 366 g/mol. The van der Waals surface area contributed by atoms with Crippen LogP contribution < -0.4 is 0 Å². The molecule has 1 aromatic carbocycles. The summed E-state index contributed by atoms with van der Waals surface area (Å²) in [6, 6.07) is 9.38. The summed E-state index contributed by atoms with van der Waals surface area (Å²) in [7, 11) is 1.42. The highest BCUT2D eigenvalue weighted by Crippen LogP contribution is 2.36. The minimum Gasteiger partial charge on any atom is -0.455 e. The highest BCUT2D eigenvalue weighted by atomic mass is 16.8. The second-order valence-electron chi connectivity index (χ2n) is 6.10. The normalized spacial score (nSPS) is 33.8. The van der Waals surface area contributed by atoms with E-state index in [9.17, 15) is 9.59 Å². The summed E-state index contributed by atoms with van der Waals surface area (Å²) >= 11 is 0. The molecule has 1 aromatic rings. The zero-order valence-corrected chi connectivity index (χ0v) is 14.8. The van der Waals surface area contributed by atoms with E-state index in [-0.39, 0.29) is 6.61 Å². The van der Waals surface area contributed by atoms with E-state index in [2.05, 4.69) is 0 Å². The monoisotopic (exact) mass is 366 g/mol. The van der Waals surface area contributed by atoms with Gasteiger partial charge in [-0.25, -0.2) is 0 Å². The Bertz CT molecular complexity index is 633. The lowest BCUT2D eigenvalue weighted by molar-refractivity contribution is -0.359. The molecule has 2 saturated heterocycles. The van der Waals surface area contributed by atoms with Crippen LogP contribution in [0.2, 0.25) is 0 Å². The van der Waals surface area contributed by atoms with Crippen LogP contribution in [0.15, 0.2) is 30.3 Å². The van der Waals surface area contributed by atoms with Crippen LogP contribution in [0.1, 0.15) is 25.7 Å². The Kier molecular flexibility index (Phi) is 5.87. The van der Waals surface area contributed by atoms with Crippen molar-refractivity contribution in [2.45, 2.75) is 50.8 Å². The Balaban J connectivity index is 1.86. The fourth-order valence-electron chi connectivity index (χ4n) is 3.16. The SMILES string of the molecule is CO[C@@H]1O[C@@H]2COC(c3ccccc3)O[C@@H]2[C@H](OC(C)=O)[C@H]1OC(C)=O. The summed E-state index contributed by atoms with van der Waals surface area (Å²) in [5.41, 5.74) is 0.824. The molecule has 8 heteroatoms. The minimum atomic E-state index is -0.947. The Morgan fingerprint density at radius 1 is 1.00 bits per heavy atom. The smallest absolute Gasteiger partial charge is 0.303 e. The maximum atomic E-state index is 11.6. The number of rotatable bonds is 4. The summed E-state index contributed by atoms with van der Waals surface area (Å²) in [4.78, 5) is 23.1. The van der Waals surface area contributed by atoms with Gasteiger partial charge in [-0.1, -0.05) is 30.3 Å². The van der Waals surface area contributed by atoms with Crippen LogP contribution in [0.25, 0.3) is 0 Å². The van der Waals surface area contributed by atoms with Gasteiger partial charge >= 0.3 is 11.9 Å². The van der Waals surface area contributed by atoms with E-state index < -0.39 is 48.9 Å². The summed E-state index contributed by atoms with van der Waals surface area (Å²) in [6.45, 7) is 2.76. The van der Waals surface area contributed by atoms with Gasteiger partial charge in [0.2, 0.25) is 0 Å². The molecule has 6 atom stereocenters. The molecule has 2 aliphatic rings. The second kappa shape index (κ2) is 8.13. The topological polar surface area (TPSA) is 89.5 Å². The molecule has 1 unspecified atom stereocenters. The van der Waals surface area contributed by atoms with Gasteiger partial charge in [-0.05, 0) is 0 Å². The van der Waals surface area contributed by atoms with Crippen molar-refractivity contribution in [3.63, 3.8) is 0 Å². The van der Waals surface area contributed by atoms with Crippen molar-refractivity contribution in [2.75, 3.05) is 13.7 Å². The Morgan fingerprint density at radius 3 is 2.27 bits per heavy atom. The first-order valence-corrected chi connectivity index (χ1v) is 8.34. The number of ether oxygens (including phenoxy) is 6. The van der Waals surface area contributed by atoms with Crippen LogP contribution in [0.3, 0.4) is 0 Å². The first-order chi connectivity index (χ1) is 12.5. The van der Waals surface area contributed by atoms with Crippen molar-refractivity contribution in [1.82, 2.24) is 0 Å². The highest BCUT2D eigenvalue weighted by molar-refractivity contribution is 5.67. The molecule has 2 aliphatic heterocycles. The number of fused-ring (bicyclic) bond motifs is 1. The van der Waals surface area contributed by atoms with Crippen LogP contribution in [-0.2, 0) is 38.0 Å². The number of benzene rings is 1. The maximum Gasteiger partial charge on any atom is 0.303 e. The third kappa shape index (κ3) is 4.04. The van der Waals surface area contributed by atoms with E-state index in [1.807, 2.05) is 30.3 Å². The first kappa shape index (κ1) is 18.8. The molecule has 8 nitrogen and oxygen atoms in total. The molecule has 0 N–H and O–H groups in total. The van der Waals surface area contributed by atoms with Gasteiger partial charge in [0, 0.05) is 26.5 Å². The molecule has 2 fully saturated rings. The summed E-state index contributed by atoms with van der Waals surface area (Å²) in [5, 5.41) is 0. The number of carbonyl (C=O) groups is 2. The van der Waals surface area contributed by atoms with Crippen LogP contribution in [0.4, 0.5) is 0 Å². The quantitative estimate of drug-likeness (QED) is 0.738. The Labute approximate surface area is 151 Å². The van der Waals surface area contributed by atoms with Gasteiger partial charge in [-0.3, -0.25) is 9.59 Å². The predicted molar refractivity (Wildman–Crippen MR) is 86.8 cm³/mol. The Morgan fingerprint density at radius 2 is 1.65 bits per heavy atom. The average Bonchev–Trinajstić information content (AvgIpc) is 2.63. The lowest BCUT2D eigenvalue weighted by Gasteiger charge is -2.47. The number of methoxy groups -OCH3 is 1. The molecule has 2 heterocycles. The van der Waals surface area contributed by atoms with E-state index >= 15 is 0 Å². The summed E-state index contributed by atoms with van der Waals surface area (Å²) < 4.78 is 33.6. The summed E-state index contributed by atoms with van der Waals surface area (Å²) in [5.74, 6) is -1.06. The van der Waals surface area contributed by atoms with Crippen LogP contribution >= 0.6 is 0 Å². The van der Waals surface area contributed by atoms with Gasteiger partial charge in [0.25, 0.3) is 0 Å². The first-order valence-electron chi connectivity index (χ1n) is 8.34. The molecule has 3 rings (SSSR count). The molecule has 26 heavy (non-hydrogen) atoms. The van der Waals surface area contributed by atoms with E-state index in [4.69, 9.17) is 28.4 Å². The minimum absolute atomic E-state index is 0.217. The number of esters is 2. The highest BCUT2D eigenvalue weighted by Gasteiger charge is 2.53. The van der Waals surface area contributed by atoms with Gasteiger partial charge in [-0.2, -0.15) is 0 Å². The number of hydrogen-bond acceptors (Lipinski definition) is 8. The number of hydrogen-bond donors (Lipinski definition) is 0. The maximum absolute atomic E-state index is 11.6. The molecule has 0 bridgehead atoms. The van der Waals surface area contributed by atoms with Crippen molar-refractivity contribution in [3.8, 4) is 0 Å². The van der Waals surface area contributed by atoms with Crippen molar-refractivity contribution in [3.05, 3.63) is 35.9 Å². The van der Waals surface area contributed by atoms with Gasteiger partial charge in [-0.15, -0.1) is 0 Å². The second-order valence-corrected chi connectivity index (χ2v) is 6.10. The lowest BCUT2D eigenvalue weighted by atomic mass is 9.97.